The fourth-order valence-electron chi connectivity index (χ4n) is 6.11. The molecule has 10 heteroatoms. The fourth-order valence-corrected chi connectivity index (χ4v) is 7.70. The Balaban J connectivity index is 1.71. The van der Waals surface area contributed by atoms with E-state index in [1.54, 1.807) is 13.8 Å². The number of carbonyl (C=O) groups is 1. The highest BCUT2D eigenvalue weighted by Crippen LogP contribution is 2.60. The third kappa shape index (κ3) is 3.76. The number of carbonyl (C=O) groups excluding carboxylic acids is 1. The molecule has 0 radical (unpaired) electrons. The minimum absolute atomic E-state index is 0.111. The predicted octanol–water partition coefficient (Wildman–Crippen LogP) is 4.08. The van der Waals surface area contributed by atoms with Crippen LogP contribution in [0.2, 0.25) is 0 Å². The van der Waals surface area contributed by atoms with Gasteiger partial charge in [-0.3, -0.25) is 9.69 Å². The van der Waals surface area contributed by atoms with Crippen LogP contribution >= 0.6 is 0 Å². The highest BCUT2D eigenvalue weighted by atomic mass is 32.2. The average Bonchev–Trinajstić information content (AvgIpc) is 2.65. The average molecular weight is 458 g/mol. The molecular formula is C20H31F4NO4S. The van der Waals surface area contributed by atoms with Crippen molar-refractivity contribution in [3.8, 4) is 0 Å². The van der Waals surface area contributed by atoms with Crippen molar-refractivity contribution in [2.75, 3.05) is 19.7 Å². The van der Waals surface area contributed by atoms with Crippen LogP contribution in [0.3, 0.4) is 0 Å². The van der Waals surface area contributed by atoms with Gasteiger partial charge in [-0.25, -0.2) is 8.42 Å². The van der Waals surface area contributed by atoms with Gasteiger partial charge in [0.15, 0.2) is 6.61 Å². The zero-order valence-corrected chi connectivity index (χ0v) is 18.5. The Morgan fingerprint density at radius 1 is 1.03 bits per heavy atom. The third-order valence-corrected chi connectivity index (χ3v) is 9.62. The molecule has 0 aliphatic heterocycles. The molecule has 0 aromatic carbocycles. The summed E-state index contributed by atoms with van der Waals surface area (Å²) in [5.41, 5.74) is -0.881. The van der Waals surface area contributed by atoms with Crippen LogP contribution < -0.4 is 0 Å². The van der Waals surface area contributed by atoms with E-state index in [1.165, 1.54) is 0 Å². The highest BCUT2D eigenvalue weighted by molar-refractivity contribution is 7.93. The molecule has 0 amide bonds. The predicted molar refractivity (Wildman–Crippen MR) is 103 cm³/mol. The van der Waals surface area contributed by atoms with Crippen LogP contribution in [0.1, 0.15) is 59.3 Å². The summed E-state index contributed by atoms with van der Waals surface area (Å²) >= 11 is 0. The maximum Gasteiger partial charge on any atom is 0.412 e. The number of ether oxygens (including phenoxy) is 1. The van der Waals surface area contributed by atoms with Gasteiger partial charge >= 0.3 is 17.1 Å². The first kappa shape index (κ1) is 23.8. The lowest BCUT2D eigenvalue weighted by Gasteiger charge is -2.55. The van der Waals surface area contributed by atoms with Gasteiger partial charge in [-0.05, 0) is 76.3 Å². The first-order chi connectivity index (χ1) is 13.8. The van der Waals surface area contributed by atoms with Gasteiger partial charge in [0.05, 0.1) is 5.41 Å². The molecule has 0 aromatic heterocycles. The van der Waals surface area contributed by atoms with Crippen molar-refractivity contribution in [1.29, 1.82) is 0 Å². The Kier molecular flexibility index (Phi) is 6.26. The molecule has 4 saturated carbocycles. The van der Waals surface area contributed by atoms with Crippen LogP contribution in [0.4, 0.5) is 17.6 Å². The molecule has 0 saturated heterocycles. The molecule has 4 aliphatic rings. The number of sulfone groups is 1. The van der Waals surface area contributed by atoms with Crippen molar-refractivity contribution in [2.45, 2.75) is 75.8 Å². The summed E-state index contributed by atoms with van der Waals surface area (Å²) < 4.78 is 87.3. The Labute approximate surface area is 175 Å². The number of nitrogens with zero attached hydrogens (tertiary/aromatic N) is 1. The lowest BCUT2D eigenvalue weighted by atomic mass is 9.49. The van der Waals surface area contributed by atoms with Crippen molar-refractivity contribution in [1.82, 2.24) is 4.90 Å². The van der Waals surface area contributed by atoms with E-state index in [4.69, 9.17) is 4.74 Å². The fraction of sp³-hybridized carbons (Fsp3) is 0.950. The van der Waals surface area contributed by atoms with E-state index >= 15 is 0 Å². The van der Waals surface area contributed by atoms with Gasteiger partial charge in [-0.15, -0.1) is 0 Å². The molecule has 0 heterocycles. The van der Waals surface area contributed by atoms with Crippen LogP contribution in [0.25, 0.3) is 0 Å². The number of alkyl halides is 4. The van der Waals surface area contributed by atoms with E-state index in [9.17, 15) is 30.8 Å². The minimum Gasteiger partial charge on any atom is -0.459 e. The van der Waals surface area contributed by atoms with Crippen LogP contribution in [0, 0.1) is 23.2 Å². The number of hydrogen-bond acceptors (Lipinski definition) is 5. The van der Waals surface area contributed by atoms with Gasteiger partial charge in [-0.1, -0.05) is 13.8 Å². The van der Waals surface area contributed by atoms with E-state index in [2.05, 4.69) is 0 Å². The summed E-state index contributed by atoms with van der Waals surface area (Å²) in [6, 6.07) is 0. The van der Waals surface area contributed by atoms with E-state index in [1.807, 2.05) is 0 Å². The SMILES string of the molecule is CCN(CC)C(C)S(=O)(=O)C(F)(F)C(F)(F)COC(=O)C12CC3CC(CC(C3)C1)C2. The Morgan fingerprint density at radius 3 is 1.87 bits per heavy atom. The van der Waals surface area contributed by atoms with Crippen molar-refractivity contribution in [3.05, 3.63) is 0 Å². The molecule has 30 heavy (non-hydrogen) atoms. The second-order valence-corrected chi connectivity index (χ2v) is 11.6. The smallest absolute Gasteiger partial charge is 0.412 e. The molecule has 5 nitrogen and oxygen atoms in total. The van der Waals surface area contributed by atoms with Gasteiger partial charge < -0.3 is 4.74 Å². The summed E-state index contributed by atoms with van der Waals surface area (Å²) in [6.07, 6.45) is 4.66. The molecule has 4 aliphatic carbocycles. The molecule has 0 N–H and O–H groups in total. The standard InChI is InChI=1S/C20H31F4NO4S/c1-4-25(5-2)13(3)30(27,28)20(23,24)19(21,22)12-29-17(26)18-9-14-6-15(10-18)8-16(7-14)11-18/h13-16H,4-12H2,1-3H3. The molecule has 174 valence electrons. The van der Waals surface area contributed by atoms with Gasteiger partial charge in [-0.2, -0.15) is 17.6 Å². The maximum absolute atomic E-state index is 14.5. The van der Waals surface area contributed by atoms with Crippen LogP contribution in [-0.2, 0) is 19.4 Å². The molecule has 1 unspecified atom stereocenters. The lowest BCUT2D eigenvalue weighted by Crippen LogP contribution is -2.57. The normalized spacial score (nSPS) is 32.5. The first-order valence-corrected chi connectivity index (χ1v) is 12.2. The zero-order chi connectivity index (χ0) is 22.5. The number of esters is 1. The molecule has 1 atom stereocenters. The summed E-state index contributed by atoms with van der Waals surface area (Å²) in [6.45, 7) is 2.36. The third-order valence-electron chi connectivity index (χ3n) is 7.41. The Hall–Kier alpha value is -0.900. The van der Waals surface area contributed by atoms with Crippen molar-refractivity contribution >= 4 is 15.8 Å². The van der Waals surface area contributed by atoms with E-state index < -0.39 is 44.4 Å². The van der Waals surface area contributed by atoms with E-state index in [-0.39, 0.29) is 13.1 Å². The summed E-state index contributed by atoms with van der Waals surface area (Å²) in [5, 5.41) is -7.16. The largest absolute Gasteiger partial charge is 0.459 e. The highest BCUT2D eigenvalue weighted by Gasteiger charge is 2.68. The quantitative estimate of drug-likeness (QED) is 0.386. The number of rotatable bonds is 9. The van der Waals surface area contributed by atoms with Crippen LogP contribution in [0.5, 0.6) is 0 Å². The van der Waals surface area contributed by atoms with Gasteiger partial charge in [0.1, 0.15) is 5.37 Å². The number of hydrogen-bond donors (Lipinski definition) is 0. The van der Waals surface area contributed by atoms with E-state index in [0.717, 1.165) is 31.1 Å². The lowest BCUT2D eigenvalue weighted by molar-refractivity contribution is -0.207. The minimum atomic E-state index is -5.56. The second kappa shape index (κ2) is 7.90. The van der Waals surface area contributed by atoms with Crippen molar-refractivity contribution in [3.63, 3.8) is 0 Å². The zero-order valence-electron chi connectivity index (χ0n) is 17.7. The van der Waals surface area contributed by atoms with Crippen LogP contribution in [-0.4, -0.2) is 55.5 Å². The summed E-state index contributed by atoms with van der Waals surface area (Å²) in [7, 11) is -5.56. The first-order valence-electron chi connectivity index (χ1n) is 10.7. The summed E-state index contributed by atoms with van der Waals surface area (Å²) in [5.74, 6) is -4.86. The molecule has 0 spiro atoms. The van der Waals surface area contributed by atoms with Crippen molar-refractivity contribution in [2.24, 2.45) is 23.2 Å². The van der Waals surface area contributed by atoms with Gasteiger partial charge in [0.2, 0.25) is 9.84 Å². The van der Waals surface area contributed by atoms with Gasteiger partial charge in [0, 0.05) is 0 Å². The molecule has 4 fully saturated rings. The number of halogens is 4. The second-order valence-electron chi connectivity index (χ2n) is 9.36. The molecule has 4 rings (SSSR count). The monoisotopic (exact) mass is 457 g/mol. The maximum atomic E-state index is 14.5. The van der Waals surface area contributed by atoms with E-state index in [0.29, 0.717) is 37.0 Å². The van der Waals surface area contributed by atoms with Crippen molar-refractivity contribution < 1.29 is 35.5 Å². The summed E-state index contributed by atoms with van der Waals surface area (Å²) in [4.78, 5) is 13.9. The Morgan fingerprint density at radius 2 is 1.47 bits per heavy atom. The molecule has 0 aromatic rings. The van der Waals surface area contributed by atoms with Crippen LogP contribution in [0.15, 0.2) is 0 Å². The Bertz CT molecular complexity index is 731. The van der Waals surface area contributed by atoms with Gasteiger partial charge in [0.25, 0.3) is 0 Å². The topological polar surface area (TPSA) is 63.7 Å². The molecule has 4 bridgehead atoms. The molecular weight excluding hydrogens is 426 g/mol.